The van der Waals surface area contributed by atoms with Crippen LogP contribution in [0.3, 0.4) is 0 Å². The van der Waals surface area contributed by atoms with Crippen LogP contribution in [0, 0.1) is 24.2 Å². The van der Waals surface area contributed by atoms with Crippen LogP contribution < -0.4 is 5.32 Å². The zero-order chi connectivity index (χ0) is 12.6. The van der Waals surface area contributed by atoms with Crippen molar-refractivity contribution in [2.45, 2.75) is 48.5 Å². The molecule has 1 aromatic heterocycles. The third kappa shape index (κ3) is 2.68. The van der Waals surface area contributed by atoms with Crippen LogP contribution in [-0.2, 0) is 0 Å². The number of nitrogens with one attached hydrogen (secondary N) is 1. The maximum Gasteiger partial charge on any atom is 0.170 e. The number of nitriles is 1. The highest BCUT2D eigenvalue weighted by Gasteiger charge is 2.48. The summed E-state index contributed by atoms with van der Waals surface area (Å²) in [6.45, 7) is 1.90. The largest absolute Gasteiger partial charge is 0.296 e. The van der Waals surface area contributed by atoms with E-state index in [1.165, 1.54) is 37.2 Å². The van der Waals surface area contributed by atoms with Crippen LogP contribution >= 0.6 is 23.3 Å². The summed E-state index contributed by atoms with van der Waals surface area (Å²) < 4.78 is 5.16. The first-order chi connectivity index (χ1) is 8.72. The average Bonchev–Trinajstić information content (AvgIpc) is 3.25. The standard InChI is InChI=1S/C12H16N4S2/c1-8-14-11(18-16-8)17-7-12(6-13,9-2-3-9)15-10-4-5-10/h9-10,15H,2-5,7H2,1H3. The molecule has 96 valence electrons. The summed E-state index contributed by atoms with van der Waals surface area (Å²) in [4.78, 5) is 4.36. The average molecular weight is 280 g/mol. The van der Waals surface area contributed by atoms with E-state index in [4.69, 9.17) is 0 Å². The minimum atomic E-state index is -0.342. The highest BCUT2D eigenvalue weighted by atomic mass is 32.2. The van der Waals surface area contributed by atoms with E-state index < -0.39 is 0 Å². The summed E-state index contributed by atoms with van der Waals surface area (Å²) in [6, 6.07) is 3.12. The zero-order valence-corrected chi connectivity index (χ0v) is 12.0. The van der Waals surface area contributed by atoms with E-state index in [-0.39, 0.29) is 5.54 Å². The Morgan fingerprint density at radius 3 is 2.78 bits per heavy atom. The molecule has 2 fully saturated rings. The van der Waals surface area contributed by atoms with Gasteiger partial charge < -0.3 is 0 Å². The molecule has 1 aromatic rings. The molecule has 2 aliphatic rings. The van der Waals surface area contributed by atoms with Crippen molar-refractivity contribution in [3.05, 3.63) is 5.82 Å². The van der Waals surface area contributed by atoms with Crippen LogP contribution in [0.15, 0.2) is 4.34 Å². The zero-order valence-electron chi connectivity index (χ0n) is 10.3. The third-order valence-corrected chi connectivity index (χ3v) is 5.56. The fraction of sp³-hybridized carbons (Fsp3) is 0.750. The molecule has 1 unspecified atom stereocenters. The lowest BCUT2D eigenvalue weighted by atomic mass is 9.97. The van der Waals surface area contributed by atoms with Crippen LogP contribution in [-0.4, -0.2) is 26.7 Å². The summed E-state index contributed by atoms with van der Waals surface area (Å²) in [5.41, 5.74) is -0.342. The van der Waals surface area contributed by atoms with Crippen molar-refractivity contribution in [3.8, 4) is 6.07 Å². The predicted molar refractivity (Wildman–Crippen MR) is 72.6 cm³/mol. The quantitative estimate of drug-likeness (QED) is 0.811. The smallest absolute Gasteiger partial charge is 0.170 e. The summed E-state index contributed by atoms with van der Waals surface area (Å²) in [6.07, 6.45) is 4.81. The van der Waals surface area contributed by atoms with Crippen molar-refractivity contribution in [2.24, 2.45) is 5.92 Å². The molecule has 2 aliphatic carbocycles. The number of nitrogens with zero attached hydrogens (tertiary/aromatic N) is 3. The molecular formula is C12H16N4S2. The minimum absolute atomic E-state index is 0.342. The van der Waals surface area contributed by atoms with Gasteiger partial charge in [0.05, 0.1) is 6.07 Å². The van der Waals surface area contributed by atoms with Crippen molar-refractivity contribution in [1.82, 2.24) is 14.7 Å². The van der Waals surface area contributed by atoms with Crippen LogP contribution in [0.5, 0.6) is 0 Å². The number of rotatable bonds is 6. The number of thioether (sulfide) groups is 1. The summed E-state index contributed by atoms with van der Waals surface area (Å²) >= 11 is 3.10. The molecule has 0 aliphatic heterocycles. The molecule has 3 rings (SSSR count). The van der Waals surface area contributed by atoms with E-state index in [1.54, 1.807) is 11.8 Å². The lowest BCUT2D eigenvalue weighted by Crippen LogP contribution is -2.49. The molecule has 1 N–H and O–H groups in total. The normalized spacial score (nSPS) is 22.4. The third-order valence-electron chi connectivity index (χ3n) is 3.45. The molecule has 4 nitrogen and oxygen atoms in total. The lowest BCUT2D eigenvalue weighted by molar-refractivity contribution is 0.401. The number of aryl methyl sites for hydroxylation is 1. The van der Waals surface area contributed by atoms with Crippen LogP contribution in [0.4, 0.5) is 0 Å². The van der Waals surface area contributed by atoms with Gasteiger partial charge in [-0.1, -0.05) is 11.8 Å². The Balaban J connectivity index is 1.67. The molecule has 0 radical (unpaired) electrons. The second-order valence-electron chi connectivity index (χ2n) is 5.17. The Morgan fingerprint density at radius 1 is 1.50 bits per heavy atom. The van der Waals surface area contributed by atoms with Gasteiger partial charge in [-0.2, -0.15) is 9.64 Å². The van der Waals surface area contributed by atoms with Crippen molar-refractivity contribution in [3.63, 3.8) is 0 Å². The van der Waals surface area contributed by atoms with Crippen molar-refractivity contribution in [2.75, 3.05) is 5.75 Å². The van der Waals surface area contributed by atoms with Gasteiger partial charge in [-0.05, 0) is 50.1 Å². The van der Waals surface area contributed by atoms with Gasteiger partial charge in [-0.15, -0.1) is 0 Å². The fourth-order valence-corrected chi connectivity index (χ4v) is 3.97. The van der Waals surface area contributed by atoms with Gasteiger partial charge in [-0.3, -0.25) is 5.32 Å². The fourth-order valence-electron chi connectivity index (χ4n) is 2.11. The van der Waals surface area contributed by atoms with Gasteiger partial charge in [0.2, 0.25) is 0 Å². The molecule has 18 heavy (non-hydrogen) atoms. The minimum Gasteiger partial charge on any atom is -0.296 e. The predicted octanol–water partition coefficient (Wildman–Crippen LogP) is 2.36. The summed E-state index contributed by atoms with van der Waals surface area (Å²) in [7, 11) is 0. The maximum absolute atomic E-state index is 9.59. The SMILES string of the molecule is Cc1nsc(SCC(C#N)(NC2CC2)C2CC2)n1. The Kier molecular flexibility index (Phi) is 3.31. The second-order valence-corrected chi connectivity index (χ2v) is 7.15. The maximum atomic E-state index is 9.59. The first-order valence-corrected chi connectivity index (χ1v) is 8.10. The van der Waals surface area contributed by atoms with Gasteiger partial charge >= 0.3 is 0 Å². The van der Waals surface area contributed by atoms with Gasteiger partial charge in [0.15, 0.2) is 4.34 Å². The Labute approximate surface area is 115 Å². The Morgan fingerprint density at radius 2 is 2.28 bits per heavy atom. The Bertz CT molecular complexity index is 473. The van der Waals surface area contributed by atoms with E-state index in [9.17, 15) is 5.26 Å². The molecule has 0 bridgehead atoms. The molecule has 2 saturated carbocycles. The number of hydrogen-bond donors (Lipinski definition) is 1. The molecule has 1 heterocycles. The first-order valence-electron chi connectivity index (χ1n) is 6.34. The number of aromatic nitrogens is 2. The highest BCUT2D eigenvalue weighted by Crippen LogP contribution is 2.43. The molecule has 6 heteroatoms. The highest BCUT2D eigenvalue weighted by molar-refractivity contribution is 8.01. The van der Waals surface area contributed by atoms with Gasteiger partial charge in [0, 0.05) is 11.8 Å². The van der Waals surface area contributed by atoms with Gasteiger partial charge in [0.1, 0.15) is 11.4 Å². The van der Waals surface area contributed by atoms with Crippen molar-refractivity contribution < 1.29 is 0 Å². The molecule has 0 saturated heterocycles. The van der Waals surface area contributed by atoms with E-state index in [1.807, 2.05) is 6.92 Å². The molecule has 1 atom stereocenters. The molecule has 0 aromatic carbocycles. The van der Waals surface area contributed by atoms with E-state index >= 15 is 0 Å². The van der Waals surface area contributed by atoms with Crippen LogP contribution in [0.25, 0.3) is 0 Å². The van der Waals surface area contributed by atoms with Gasteiger partial charge in [-0.25, -0.2) is 4.98 Å². The van der Waals surface area contributed by atoms with E-state index in [0.717, 1.165) is 15.9 Å². The monoisotopic (exact) mass is 280 g/mol. The summed E-state index contributed by atoms with van der Waals surface area (Å²) in [5, 5.41) is 13.2. The Hall–Kier alpha value is -0.640. The summed E-state index contributed by atoms with van der Waals surface area (Å²) in [5.74, 6) is 2.15. The van der Waals surface area contributed by atoms with Crippen molar-refractivity contribution >= 4 is 23.3 Å². The first kappa shape index (κ1) is 12.4. The van der Waals surface area contributed by atoms with Crippen LogP contribution in [0.1, 0.15) is 31.5 Å². The van der Waals surface area contributed by atoms with Crippen molar-refractivity contribution in [1.29, 1.82) is 5.26 Å². The number of hydrogen-bond acceptors (Lipinski definition) is 6. The van der Waals surface area contributed by atoms with E-state index in [0.29, 0.717) is 12.0 Å². The molecular weight excluding hydrogens is 264 g/mol. The lowest BCUT2D eigenvalue weighted by Gasteiger charge is -2.27. The molecule has 0 amide bonds. The van der Waals surface area contributed by atoms with Crippen LogP contribution in [0.2, 0.25) is 0 Å². The topological polar surface area (TPSA) is 61.6 Å². The molecule has 0 spiro atoms. The van der Waals surface area contributed by atoms with Gasteiger partial charge in [0.25, 0.3) is 0 Å². The second kappa shape index (κ2) is 4.80. The van der Waals surface area contributed by atoms with E-state index in [2.05, 4.69) is 20.7 Å².